The number of nitrogens with one attached hydrogen (secondary N) is 3. The lowest BCUT2D eigenvalue weighted by molar-refractivity contribution is -0.120. The van der Waals surface area contributed by atoms with Crippen LogP contribution in [-0.2, 0) is 31.2 Å². The maximum Gasteiger partial charge on any atom is 0.501 e. The van der Waals surface area contributed by atoms with Gasteiger partial charge in [0, 0.05) is 124 Å². The van der Waals surface area contributed by atoms with Gasteiger partial charge < -0.3 is 15.1 Å². The first-order chi connectivity index (χ1) is 38.1. The molecule has 4 heterocycles. The first-order valence-electron chi connectivity index (χ1n) is 26.6. The quantitative estimate of drug-likeness (QED) is 0.0665. The molecule has 23 heteroatoms. The highest BCUT2D eigenvalue weighted by molar-refractivity contribution is 7.99. The number of benzene rings is 4. The number of nitrogens with zero attached hydrogens (tertiary/aromatic N) is 6. The summed E-state index contributed by atoms with van der Waals surface area (Å²) in [5.74, 6) is -0.614. The number of aromatic nitrogens is 1. The van der Waals surface area contributed by atoms with Crippen molar-refractivity contribution in [3.63, 3.8) is 0 Å². The lowest BCUT2D eigenvalue weighted by atomic mass is 9.73. The number of pyridine rings is 1. The molecule has 80 heavy (non-hydrogen) atoms. The van der Waals surface area contributed by atoms with Crippen LogP contribution >= 0.6 is 23.4 Å². The van der Waals surface area contributed by atoms with E-state index in [1.165, 1.54) is 45.5 Å². The van der Waals surface area contributed by atoms with Crippen molar-refractivity contribution in [1.82, 2.24) is 29.7 Å². The molecular weight excluding hydrogens is 1110 g/mol. The van der Waals surface area contributed by atoms with Crippen molar-refractivity contribution in [3.05, 3.63) is 143 Å². The molecule has 0 bridgehead atoms. The predicted molar refractivity (Wildman–Crippen MR) is 306 cm³/mol. The van der Waals surface area contributed by atoms with Crippen LogP contribution in [-0.4, -0.2) is 144 Å². The lowest BCUT2D eigenvalue weighted by Gasteiger charge is -2.39. The van der Waals surface area contributed by atoms with Crippen LogP contribution in [0.15, 0.2) is 136 Å². The largest absolute Gasteiger partial charge is 0.501 e. The van der Waals surface area contributed by atoms with E-state index in [2.05, 4.69) is 61.2 Å². The molecule has 16 nitrogen and oxygen atoms in total. The van der Waals surface area contributed by atoms with Crippen LogP contribution in [0.25, 0.3) is 5.57 Å². The number of carbonyl (C=O) groups excluding carboxylic acids is 3. The van der Waals surface area contributed by atoms with Gasteiger partial charge in [-0.05, 0) is 127 Å². The normalized spacial score (nSPS) is 18.5. The van der Waals surface area contributed by atoms with Gasteiger partial charge >= 0.3 is 11.5 Å². The Balaban J connectivity index is 0.833. The molecule has 3 fully saturated rings. The number of alkyl halides is 3. The zero-order valence-electron chi connectivity index (χ0n) is 44.6. The Kier molecular flexibility index (Phi) is 18.3. The number of halogens is 4. The van der Waals surface area contributed by atoms with Gasteiger partial charge in [0.25, 0.3) is 25.8 Å². The van der Waals surface area contributed by atoms with Crippen LogP contribution in [0.4, 0.5) is 35.2 Å². The van der Waals surface area contributed by atoms with Crippen LogP contribution in [0.3, 0.4) is 0 Å². The number of rotatable bonds is 19. The van der Waals surface area contributed by atoms with E-state index in [1.807, 2.05) is 59.3 Å². The molecule has 4 aliphatic rings. The lowest BCUT2D eigenvalue weighted by Crippen LogP contribution is -2.50. The van der Waals surface area contributed by atoms with Crippen LogP contribution in [0, 0.1) is 5.41 Å². The van der Waals surface area contributed by atoms with E-state index in [0.717, 1.165) is 80.3 Å². The van der Waals surface area contributed by atoms with E-state index in [-0.39, 0.29) is 29.9 Å². The fourth-order valence-electron chi connectivity index (χ4n) is 10.6. The van der Waals surface area contributed by atoms with E-state index in [1.54, 1.807) is 18.3 Å². The fraction of sp³-hybridized carbons (Fsp3) is 0.404. The van der Waals surface area contributed by atoms with E-state index in [0.29, 0.717) is 68.3 Å². The van der Waals surface area contributed by atoms with E-state index < -0.39 is 58.8 Å². The second kappa shape index (κ2) is 25.0. The summed E-state index contributed by atoms with van der Waals surface area (Å²) >= 11 is 7.64. The molecule has 1 atom stereocenters. The number of allylic oxidation sites excluding steroid dienone is 1. The number of hydrogen-bond donors (Lipinski definition) is 3. The Hall–Kier alpha value is -6.01. The van der Waals surface area contributed by atoms with Crippen LogP contribution in [0.2, 0.25) is 5.02 Å². The molecule has 0 unspecified atom stereocenters. The number of hydrogen-bond acceptors (Lipinski definition) is 14. The number of sulfone groups is 1. The van der Waals surface area contributed by atoms with Gasteiger partial charge in [-0.1, -0.05) is 61.4 Å². The third-order valence-corrected chi connectivity index (χ3v) is 19.4. The number of imide groups is 1. The van der Waals surface area contributed by atoms with Gasteiger partial charge in [-0.15, -0.1) is 11.8 Å². The standard InChI is InChI=1S/C57H65ClF3N9O7S3/c1-56(2)22-18-49(41-8-12-44(58)13-9-41)43(36-56)38-68-30-32-69(33-31-68)46-14-10-42(11-15-46)54(72)65-80(76,77)48-16-17-50(51(35-48)79(74,75)57(59,60)61)63-45(39-78-47-6-4-3-5-7-47)20-24-66-26-28-67(29-27-66)37-40-19-23-62-52(34-40)70-25-21-53(71)64-55(70)73/h3-17,19,23,34-35,45,63H,18,20-22,24-33,36-39H2,1-2H3,(H,65,72)(H,64,71,73)/t45-/m1/s1. The Morgan fingerprint density at radius 2 is 1.48 bits per heavy atom. The van der Waals surface area contributed by atoms with E-state index in [9.17, 15) is 44.4 Å². The zero-order valence-corrected chi connectivity index (χ0v) is 47.8. The summed E-state index contributed by atoms with van der Waals surface area (Å²) in [6, 6.07) is 28.8. The van der Waals surface area contributed by atoms with Crippen molar-refractivity contribution >= 4 is 83.8 Å². The van der Waals surface area contributed by atoms with Crippen molar-refractivity contribution in [2.45, 2.75) is 78.7 Å². The summed E-state index contributed by atoms with van der Waals surface area (Å²) in [6.45, 7) is 12.5. The zero-order chi connectivity index (χ0) is 56.8. The summed E-state index contributed by atoms with van der Waals surface area (Å²) in [4.78, 5) is 51.2. The van der Waals surface area contributed by atoms with Crippen molar-refractivity contribution in [2.75, 3.05) is 92.9 Å². The number of thioether (sulfide) groups is 1. The summed E-state index contributed by atoms with van der Waals surface area (Å²) in [5, 5.41) is 6.05. The first-order valence-corrected chi connectivity index (χ1v) is 30.9. The number of anilines is 3. The van der Waals surface area contributed by atoms with E-state index in [4.69, 9.17) is 11.6 Å². The topological polar surface area (TPSA) is 185 Å². The molecule has 4 amide bonds. The predicted octanol–water partition coefficient (Wildman–Crippen LogP) is 9.16. The molecule has 4 aromatic carbocycles. The highest BCUT2D eigenvalue weighted by Crippen LogP contribution is 2.43. The Bertz CT molecular complexity index is 3300. The van der Waals surface area contributed by atoms with Crippen LogP contribution < -0.4 is 25.2 Å². The Morgan fingerprint density at radius 3 is 2.16 bits per heavy atom. The van der Waals surface area contributed by atoms with E-state index >= 15 is 0 Å². The highest BCUT2D eigenvalue weighted by Gasteiger charge is 2.48. The average molecular weight is 1180 g/mol. The summed E-state index contributed by atoms with van der Waals surface area (Å²) < 4.78 is 99.5. The molecule has 1 aliphatic carbocycles. The molecule has 5 aromatic rings. The van der Waals surface area contributed by atoms with Gasteiger partial charge in [-0.2, -0.15) is 13.2 Å². The maximum atomic E-state index is 14.5. The second-order valence-electron chi connectivity index (χ2n) is 21.4. The monoisotopic (exact) mass is 1180 g/mol. The molecule has 1 aromatic heterocycles. The van der Waals surface area contributed by atoms with Crippen molar-refractivity contribution < 1.29 is 44.4 Å². The minimum atomic E-state index is -6.13. The third-order valence-electron chi connectivity index (χ3n) is 15.1. The summed E-state index contributed by atoms with van der Waals surface area (Å²) in [7, 11) is -11.0. The van der Waals surface area contributed by atoms with Crippen molar-refractivity contribution in [2.24, 2.45) is 5.41 Å². The molecule has 0 radical (unpaired) electrons. The number of piperazine rings is 2. The molecule has 3 N–H and O–H groups in total. The summed E-state index contributed by atoms with van der Waals surface area (Å²) in [6.07, 6.45) is 5.30. The molecule has 426 valence electrons. The van der Waals surface area contributed by atoms with Crippen molar-refractivity contribution in [3.8, 4) is 0 Å². The molecule has 3 saturated heterocycles. The average Bonchev–Trinajstić information content (AvgIpc) is 3.43. The van der Waals surface area contributed by atoms with Crippen molar-refractivity contribution in [1.29, 1.82) is 0 Å². The second-order valence-corrected chi connectivity index (χ2v) is 26.6. The maximum absolute atomic E-state index is 14.5. The van der Waals surface area contributed by atoms with Gasteiger partial charge in [-0.3, -0.25) is 29.6 Å². The molecule has 0 spiro atoms. The van der Waals surface area contributed by atoms with Gasteiger partial charge in [-0.25, -0.2) is 31.3 Å². The molecule has 3 aliphatic heterocycles. The minimum Gasteiger partial charge on any atom is -0.380 e. The smallest absolute Gasteiger partial charge is 0.380 e. The Labute approximate surface area is 475 Å². The Morgan fingerprint density at radius 1 is 0.800 bits per heavy atom. The minimum absolute atomic E-state index is 0.0214. The number of sulfonamides is 1. The third kappa shape index (κ3) is 14.7. The summed E-state index contributed by atoms with van der Waals surface area (Å²) in [5.41, 5.74) is -0.245. The number of urea groups is 1. The van der Waals surface area contributed by atoms with Gasteiger partial charge in [0.1, 0.15) is 10.7 Å². The molecule has 0 saturated carbocycles. The highest BCUT2D eigenvalue weighted by atomic mass is 35.5. The molecular formula is C57H65ClF3N9O7S3. The number of amides is 4. The van der Waals surface area contributed by atoms with Gasteiger partial charge in [0.15, 0.2) is 0 Å². The SMILES string of the molecule is CC1(C)CCC(c2ccc(Cl)cc2)=C(CN2CCN(c3ccc(C(=O)NS(=O)(=O)c4ccc(N[C@H](CCN5CCN(Cc6ccnc(N7CCC(=O)NC7=O)c6)CC5)CSc5ccccc5)c(S(=O)(=O)C(F)(F)F)c4)cc3)CC2)C1. The van der Waals surface area contributed by atoms with Crippen LogP contribution in [0.5, 0.6) is 0 Å². The molecule has 9 rings (SSSR count). The number of carbonyl (C=O) groups is 3. The first kappa shape index (κ1) is 58.6. The van der Waals surface area contributed by atoms with Gasteiger partial charge in [0.2, 0.25) is 5.91 Å². The fourth-order valence-corrected chi connectivity index (χ4v) is 13.7. The van der Waals surface area contributed by atoms with Crippen LogP contribution in [0.1, 0.15) is 67.4 Å². The van der Waals surface area contributed by atoms with Gasteiger partial charge in [0.05, 0.1) is 10.6 Å².